The van der Waals surface area contributed by atoms with Crippen LogP contribution in [0.2, 0.25) is 0 Å². The molecule has 1 heteroatoms. The number of unbranched alkanes of at least 4 members (excludes halogenated alkanes) is 2. The van der Waals surface area contributed by atoms with E-state index in [1.54, 1.807) is 0 Å². The Morgan fingerprint density at radius 1 is 1.46 bits per heavy atom. The zero-order chi connectivity index (χ0) is 9.94. The highest BCUT2D eigenvalue weighted by Crippen LogP contribution is 2.09. The summed E-state index contributed by atoms with van der Waals surface area (Å²) in [5.74, 6) is 3.31. The van der Waals surface area contributed by atoms with Crippen molar-refractivity contribution >= 4 is 0 Å². The quantitative estimate of drug-likeness (QED) is 0.413. The fraction of sp³-hybridized carbons (Fsp3) is 0.750. The Morgan fingerprint density at radius 2 is 2.23 bits per heavy atom. The van der Waals surface area contributed by atoms with Gasteiger partial charge in [-0.1, -0.05) is 20.3 Å². The Bertz CT molecular complexity index is 135. The van der Waals surface area contributed by atoms with E-state index >= 15 is 0 Å². The number of hydrogen-bond acceptors (Lipinski definition) is 1. The maximum atomic E-state index is 5.40. The number of rotatable bonds is 8. The lowest BCUT2D eigenvalue weighted by Gasteiger charge is -2.10. The minimum Gasteiger partial charge on any atom is -0.381 e. The molecule has 0 rings (SSSR count). The summed E-state index contributed by atoms with van der Waals surface area (Å²) in [5.41, 5.74) is 0. The molecule has 0 aromatic heterocycles. The lowest BCUT2D eigenvalue weighted by molar-refractivity contribution is 0.105. The van der Waals surface area contributed by atoms with E-state index in [-0.39, 0.29) is 0 Å². The third kappa shape index (κ3) is 9.43. The first-order chi connectivity index (χ1) is 6.31. The van der Waals surface area contributed by atoms with Gasteiger partial charge in [-0.3, -0.25) is 0 Å². The van der Waals surface area contributed by atoms with Crippen LogP contribution in [0.4, 0.5) is 0 Å². The molecule has 0 N–H and O–H groups in total. The van der Waals surface area contributed by atoms with E-state index in [4.69, 9.17) is 11.2 Å². The molecule has 0 aliphatic carbocycles. The molecular formula is C12H21O. The first-order valence-electron chi connectivity index (χ1n) is 5.11. The van der Waals surface area contributed by atoms with Crippen LogP contribution in [0.25, 0.3) is 0 Å². The largest absolute Gasteiger partial charge is 0.381 e. The fourth-order valence-corrected chi connectivity index (χ4v) is 1.19. The Hall–Kier alpha value is -0.480. The molecule has 0 bridgehead atoms. The molecule has 0 saturated heterocycles. The van der Waals surface area contributed by atoms with Crippen molar-refractivity contribution in [2.75, 3.05) is 13.2 Å². The van der Waals surface area contributed by atoms with Crippen molar-refractivity contribution in [3.8, 4) is 12.3 Å². The molecule has 0 heterocycles. The summed E-state index contributed by atoms with van der Waals surface area (Å²) < 4.78 is 5.40. The van der Waals surface area contributed by atoms with Crippen molar-refractivity contribution in [2.45, 2.75) is 39.0 Å². The van der Waals surface area contributed by atoms with Crippen LogP contribution in [0.5, 0.6) is 0 Å². The molecule has 75 valence electrons. The molecule has 0 saturated carbocycles. The average molecular weight is 181 g/mol. The van der Waals surface area contributed by atoms with Crippen molar-refractivity contribution in [1.82, 2.24) is 0 Å². The van der Waals surface area contributed by atoms with Crippen LogP contribution in [0.1, 0.15) is 39.0 Å². The first-order valence-corrected chi connectivity index (χ1v) is 5.11. The fourth-order valence-electron chi connectivity index (χ4n) is 1.19. The van der Waals surface area contributed by atoms with E-state index in [1.807, 2.05) is 0 Å². The van der Waals surface area contributed by atoms with Gasteiger partial charge in [-0.2, -0.15) is 0 Å². The summed E-state index contributed by atoms with van der Waals surface area (Å²) in [6, 6.07) is 0. The third-order valence-corrected chi connectivity index (χ3v) is 1.96. The summed E-state index contributed by atoms with van der Waals surface area (Å²) in [5, 5.41) is 0. The van der Waals surface area contributed by atoms with Crippen molar-refractivity contribution in [3.63, 3.8) is 0 Å². The average Bonchev–Trinajstić information content (AvgIpc) is 2.13. The van der Waals surface area contributed by atoms with Gasteiger partial charge < -0.3 is 4.74 Å². The van der Waals surface area contributed by atoms with Gasteiger partial charge in [0.15, 0.2) is 0 Å². The zero-order valence-corrected chi connectivity index (χ0v) is 8.72. The van der Waals surface area contributed by atoms with Crippen molar-refractivity contribution < 1.29 is 4.74 Å². The monoisotopic (exact) mass is 181 g/mol. The summed E-state index contributed by atoms with van der Waals surface area (Å²) in [6.45, 7) is 7.60. The topological polar surface area (TPSA) is 9.23 Å². The Balaban J connectivity index is 3.11. The van der Waals surface area contributed by atoms with Crippen molar-refractivity contribution in [3.05, 3.63) is 6.92 Å². The maximum Gasteiger partial charge on any atom is 0.0491 e. The molecule has 1 unspecified atom stereocenters. The molecule has 0 aliphatic rings. The van der Waals surface area contributed by atoms with Gasteiger partial charge in [0, 0.05) is 19.6 Å². The summed E-state index contributed by atoms with van der Waals surface area (Å²) in [4.78, 5) is 0. The van der Waals surface area contributed by atoms with E-state index in [9.17, 15) is 0 Å². The zero-order valence-electron chi connectivity index (χ0n) is 8.72. The van der Waals surface area contributed by atoms with Crippen LogP contribution in [-0.4, -0.2) is 13.2 Å². The van der Waals surface area contributed by atoms with Crippen LogP contribution in [0.15, 0.2) is 0 Å². The first kappa shape index (κ1) is 12.5. The number of terminal acetylenes is 1. The van der Waals surface area contributed by atoms with Gasteiger partial charge >= 0.3 is 0 Å². The van der Waals surface area contributed by atoms with Crippen LogP contribution in [0.3, 0.4) is 0 Å². The lowest BCUT2D eigenvalue weighted by Crippen LogP contribution is -2.06. The highest BCUT2D eigenvalue weighted by Gasteiger charge is 2.00. The van der Waals surface area contributed by atoms with Gasteiger partial charge in [0.05, 0.1) is 0 Å². The van der Waals surface area contributed by atoms with Crippen molar-refractivity contribution in [1.29, 1.82) is 0 Å². The third-order valence-electron chi connectivity index (χ3n) is 1.96. The molecule has 1 radical (unpaired) electrons. The van der Waals surface area contributed by atoms with E-state index in [0.29, 0.717) is 5.92 Å². The predicted octanol–water partition coefficient (Wildman–Crippen LogP) is 3.06. The second-order valence-corrected chi connectivity index (χ2v) is 3.48. The summed E-state index contributed by atoms with van der Waals surface area (Å²) >= 11 is 0. The Labute approximate surface area is 82.9 Å². The van der Waals surface area contributed by atoms with Gasteiger partial charge in [0.2, 0.25) is 0 Å². The van der Waals surface area contributed by atoms with Crippen LogP contribution in [0, 0.1) is 25.2 Å². The van der Waals surface area contributed by atoms with Crippen molar-refractivity contribution in [2.24, 2.45) is 5.92 Å². The van der Waals surface area contributed by atoms with Gasteiger partial charge in [0.1, 0.15) is 0 Å². The number of ether oxygens (including phenoxy) is 1. The van der Waals surface area contributed by atoms with E-state index in [0.717, 1.165) is 32.5 Å². The van der Waals surface area contributed by atoms with E-state index in [2.05, 4.69) is 19.8 Å². The second kappa shape index (κ2) is 9.61. The standard InChI is InChI=1S/C12H21O/c1-4-6-7-8-9-12(3)11-13-10-5-2/h1,12H,2,5-11H2,3H3. The van der Waals surface area contributed by atoms with Crippen LogP contribution in [-0.2, 0) is 4.74 Å². The molecule has 0 aromatic rings. The molecule has 0 fully saturated rings. The Morgan fingerprint density at radius 3 is 2.85 bits per heavy atom. The van der Waals surface area contributed by atoms with Gasteiger partial charge in [-0.25, -0.2) is 0 Å². The van der Waals surface area contributed by atoms with Gasteiger partial charge in [-0.05, 0) is 25.2 Å². The molecule has 0 aromatic carbocycles. The van der Waals surface area contributed by atoms with Gasteiger partial charge in [-0.15, -0.1) is 12.3 Å². The Kier molecular flexibility index (Phi) is 9.25. The van der Waals surface area contributed by atoms with Gasteiger partial charge in [0.25, 0.3) is 0 Å². The summed E-state index contributed by atoms with van der Waals surface area (Å²) in [7, 11) is 0. The molecule has 0 aliphatic heterocycles. The maximum absolute atomic E-state index is 5.40. The molecule has 13 heavy (non-hydrogen) atoms. The smallest absolute Gasteiger partial charge is 0.0491 e. The minimum atomic E-state index is 0.657. The van der Waals surface area contributed by atoms with Crippen LogP contribution >= 0.6 is 0 Å². The lowest BCUT2D eigenvalue weighted by atomic mass is 10.0. The second-order valence-electron chi connectivity index (χ2n) is 3.48. The van der Waals surface area contributed by atoms with E-state index < -0.39 is 0 Å². The normalized spacial score (nSPS) is 12.4. The number of hydrogen-bond donors (Lipinski definition) is 0. The summed E-state index contributed by atoms with van der Waals surface area (Å²) in [6.07, 6.45) is 10.5. The van der Waals surface area contributed by atoms with Crippen LogP contribution < -0.4 is 0 Å². The molecular weight excluding hydrogens is 160 g/mol. The minimum absolute atomic E-state index is 0.657. The molecule has 0 amide bonds. The van der Waals surface area contributed by atoms with E-state index in [1.165, 1.54) is 12.8 Å². The molecule has 1 atom stereocenters. The highest BCUT2D eigenvalue weighted by atomic mass is 16.5. The highest BCUT2D eigenvalue weighted by molar-refractivity contribution is 4.82. The SMILES string of the molecule is C#CCCCCC(C)COCC[CH2]. The molecule has 0 spiro atoms. The predicted molar refractivity (Wildman–Crippen MR) is 57.3 cm³/mol. The molecule has 1 nitrogen and oxygen atoms in total.